The van der Waals surface area contributed by atoms with E-state index in [0.29, 0.717) is 23.8 Å². The van der Waals surface area contributed by atoms with Crippen LogP contribution in [0.15, 0.2) is 48.5 Å². The van der Waals surface area contributed by atoms with Crippen molar-refractivity contribution in [3.8, 4) is 5.75 Å². The quantitative estimate of drug-likeness (QED) is 0.627. The maximum atomic E-state index is 12.2. The highest BCUT2D eigenvalue weighted by atomic mass is 32.2. The van der Waals surface area contributed by atoms with Gasteiger partial charge in [0.25, 0.3) is 0 Å². The minimum Gasteiger partial charge on any atom is -0.497 e. The Bertz CT molecular complexity index is 1180. The van der Waals surface area contributed by atoms with Gasteiger partial charge in [0.15, 0.2) is 5.13 Å². The fourth-order valence-corrected chi connectivity index (χ4v) is 5.55. The van der Waals surface area contributed by atoms with E-state index in [4.69, 9.17) is 4.74 Å². The number of nitrogens with one attached hydrogen (secondary N) is 1. The number of rotatable bonds is 5. The fourth-order valence-electron chi connectivity index (χ4n) is 3.09. The van der Waals surface area contributed by atoms with E-state index in [1.807, 2.05) is 18.2 Å². The number of benzene rings is 2. The van der Waals surface area contributed by atoms with Crippen molar-refractivity contribution in [2.45, 2.75) is 6.42 Å². The second-order valence-corrected chi connectivity index (χ2v) is 9.55. The monoisotopic (exact) mass is 429 g/mol. The van der Waals surface area contributed by atoms with Crippen molar-refractivity contribution in [3.63, 3.8) is 0 Å². The molecular formula is C20H19N3O4S2. The number of carbonyl (C=O) groups excluding carboxylic acids is 1. The number of sulfonamides is 1. The third kappa shape index (κ3) is 4.25. The van der Waals surface area contributed by atoms with E-state index in [0.717, 1.165) is 21.5 Å². The van der Waals surface area contributed by atoms with Crippen LogP contribution in [0.25, 0.3) is 16.3 Å². The van der Waals surface area contributed by atoms with Crippen molar-refractivity contribution in [2.24, 2.45) is 0 Å². The number of ether oxygens (including phenoxy) is 1. The van der Waals surface area contributed by atoms with Crippen LogP contribution in [0.2, 0.25) is 0 Å². The molecule has 2 aromatic carbocycles. The number of anilines is 2. The molecule has 1 N–H and O–H groups in total. The van der Waals surface area contributed by atoms with Crippen LogP contribution in [-0.2, 0) is 14.8 Å². The largest absolute Gasteiger partial charge is 0.497 e. The number of hydrogen-bond donors (Lipinski definition) is 1. The predicted molar refractivity (Wildman–Crippen MR) is 116 cm³/mol. The van der Waals surface area contributed by atoms with Gasteiger partial charge in [0.1, 0.15) is 5.75 Å². The van der Waals surface area contributed by atoms with Gasteiger partial charge >= 0.3 is 0 Å². The molecular weight excluding hydrogens is 410 g/mol. The summed E-state index contributed by atoms with van der Waals surface area (Å²) < 4.78 is 31.5. The summed E-state index contributed by atoms with van der Waals surface area (Å²) in [5, 5.41) is 3.27. The molecule has 0 radical (unpaired) electrons. The highest BCUT2D eigenvalue weighted by Crippen LogP contribution is 2.29. The zero-order valence-corrected chi connectivity index (χ0v) is 17.3. The maximum absolute atomic E-state index is 12.2. The molecule has 0 aliphatic carbocycles. The lowest BCUT2D eigenvalue weighted by molar-refractivity contribution is -0.111. The van der Waals surface area contributed by atoms with Crippen molar-refractivity contribution < 1.29 is 17.9 Å². The van der Waals surface area contributed by atoms with Crippen LogP contribution in [0.3, 0.4) is 0 Å². The van der Waals surface area contributed by atoms with Crippen LogP contribution < -0.4 is 14.4 Å². The van der Waals surface area contributed by atoms with Gasteiger partial charge < -0.3 is 4.74 Å². The Morgan fingerprint density at radius 2 is 2.03 bits per heavy atom. The highest BCUT2D eigenvalue weighted by Gasteiger charge is 2.28. The number of carbonyl (C=O) groups is 1. The Labute approximate surface area is 172 Å². The van der Waals surface area contributed by atoms with Gasteiger partial charge in [-0.2, -0.15) is 0 Å². The minimum atomic E-state index is -3.19. The van der Waals surface area contributed by atoms with Gasteiger partial charge in [0.2, 0.25) is 15.9 Å². The number of fused-ring (bicyclic) bond motifs is 1. The third-order valence-corrected chi connectivity index (χ3v) is 7.34. The first-order valence-corrected chi connectivity index (χ1v) is 11.4. The molecule has 1 aliphatic rings. The lowest BCUT2D eigenvalue weighted by Gasteiger charge is -2.16. The zero-order chi connectivity index (χ0) is 20.4. The van der Waals surface area contributed by atoms with Gasteiger partial charge in [-0.25, -0.2) is 13.4 Å². The Morgan fingerprint density at radius 1 is 1.24 bits per heavy atom. The lowest BCUT2D eigenvalue weighted by atomic mass is 10.2. The molecule has 4 rings (SSSR count). The fraction of sp³-hybridized carbons (Fsp3) is 0.200. The Kier molecular flexibility index (Phi) is 5.25. The van der Waals surface area contributed by atoms with Gasteiger partial charge in [0.05, 0.1) is 28.8 Å². The molecule has 2 heterocycles. The lowest BCUT2D eigenvalue weighted by Crippen LogP contribution is -2.24. The molecule has 1 aromatic heterocycles. The highest BCUT2D eigenvalue weighted by molar-refractivity contribution is 7.93. The van der Waals surface area contributed by atoms with Gasteiger partial charge in [-0.3, -0.25) is 14.4 Å². The normalized spacial score (nSPS) is 15.8. The number of thiazole rings is 1. The Balaban J connectivity index is 1.42. The zero-order valence-electron chi connectivity index (χ0n) is 15.7. The molecule has 1 saturated heterocycles. The molecule has 1 amide bonds. The SMILES string of the molecule is COc1ccc2nc(NC(=O)/C=C/c3ccc(N4CCCS4(=O)=O)cc3)sc2c1. The number of methoxy groups -OCH3 is 1. The average Bonchev–Trinajstić information content (AvgIpc) is 3.27. The molecule has 29 heavy (non-hydrogen) atoms. The van der Waals surface area contributed by atoms with Crippen molar-refractivity contribution in [1.82, 2.24) is 4.98 Å². The number of aromatic nitrogens is 1. The third-order valence-electron chi connectivity index (χ3n) is 4.53. The summed E-state index contributed by atoms with van der Waals surface area (Å²) >= 11 is 1.37. The topological polar surface area (TPSA) is 88.6 Å². The van der Waals surface area contributed by atoms with Crippen LogP contribution in [-0.4, -0.2) is 38.7 Å². The first-order valence-electron chi connectivity index (χ1n) is 8.99. The summed E-state index contributed by atoms with van der Waals surface area (Å²) in [4.78, 5) is 16.6. The van der Waals surface area contributed by atoms with Crippen molar-refractivity contribution in [2.75, 3.05) is 29.0 Å². The van der Waals surface area contributed by atoms with Gasteiger partial charge in [-0.15, -0.1) is 0 Å². The second kappa shape index (κ2) is 7.84. The van der Waals surface area contributed by atoms with Crippen LogP contribution in [0.4, 0.5) is 10.8 Å². The van der Waals surface area contributed by atoms with Crippen LogP contribution in [0.5, 0.6) is 5.75 Å². The molecule has 0 bridgehead atoms. The summed E-state index contributed by atoms with van der Waals surface area (Å²) in [7, 11) is -1.59. The molecule has 3 aromatic rings. The average molecular weight is 430 g/mol. The van der Waals surface area contributed by atoms with Crippen LogP contribution in [0.1, 0.15) is 12.0 Å². The van der Waals surface area contributed by atoms with Crippen molar-refractivity contribution in [3.05, 3.63) is 54.1 Å². The summed E-state index contributed by atoms with van der Waals surface area (Å²) in [5.41, 5.74) is 2.24. The standard InChI is InChI=1S/C20H19N3O4S2/c1-27-16-8-9-17-18(13-16)28-20(21-17)22-19(24)10-5-14-3-6-15(7-4-14)23-11-2-12-29(23,25)26/h3-10,13H,2,11-12H2,1H3,(H,21,22,24)/b10-5+. The van der Waals surface area contributed by atoms with Crippen LogP contribution in [0, 0.1) is 0 Å². The molecule has 0 atom stereocenters. The van der Waals surface area contributed by atoms with Gasteiger partial charge in [-0.05, 0) is 48.4 Å². The van der Waals surface area contributed by atoms with Crippen LogP contribution >= 0.6 is 11.3 Å². The molecule has 1 fully saturated rings. The number of amides is 1. The van der Waals surface area contributed by atoms with E-state index < -0.39 is 10.0 Å². The molecule has 150 valence electrons. The smallest absolute Gasteiger partial charge is 0.250 e. The summed E-state index contributed by atoms with van der Waals surface area (Å²) in [6.07, 6.45) is 3.74. The Hall–Kier alpha value is -2.91. The predicted octanol–water partition coefficient (Wildman–Crippen LogP) is 3.50. The number of hydrogen-bond acceptors (Lipinski definition) is 6. The molecule has 0 unspecified atom stereocenters. The Morgan fingerprint density at radius 3 is 2.72 bits per heavy atom. The first-order chi connectivity index (χ1) is 13.9. The molecule has 7 nitrogen and oxygen atoms in total. The van der Waals surface area contributed by atoms with Crippen molar-refractivity contribution in [1.29, 1.82) is 0 Å². The van der Waals surface area contributed by atoms with E-state index in [1.165, 1.54) is 21.7 Å². The van der Waals surface area contributed by atoms with Crippen molar-refractivity contribution >= 4 is 54.4 Å². The van der Waals surface area contributed by atoms with Gasteiger partial charge in [-0.1, -0.05) is 23.5 Å². The molecule has 0 saturated carbocycles. The van der Waals surface area contributed by atoms with E-state index in [9.17, 15) is 13.2 Å². The maximum Gasteiger partial charge on any atom is 0.250 e. The second-order valence-electron chi connectivity index (χ2n) is 6.51. The first kappa shape index (κ1) is 19.4. The summed E-state index contributed by atoms with van der Waals surface area (Å²) in [6, 6.07) is 12.6. The summed E-state index contributed by atoms with van der Waals surface area (Å²) in [5.74, 6) is 0.638. The van der Waals surface area contributed by atoms with E-state index in [2.05, 4.69) is 10.3 Å². The number of nitrogens with zero attached hydrogens (tertiary/aromatic N) is 2. The van der Waals surface area contributed by atoms with E-state index in [-0.39, 0.29) is 11.7 Å². The molecule has 0 spiro atoms. The summed E-state index contributed by atoms with van der Waals surface area (Å²) in [6.45, 7) is 0.508. The van der Waals surface area contributed by atoms with E-state index in [1.54, 1.807) is 37.5 Å². The molecule has 1 aliphatic heterocycles. The van der Waals surface area contributed by atoms with Gasteiger partial charge in [0, 0.05) is 12.6 Å². The molecule has 9 heteroatoms. The minimum absolute atomic E-state index is 0.188. The van der Waals surface area contributed by atoms with E-state index >= 15 is 0 Å².